The first-order chi connectivity index (χ1) is 3.73. The topological polar surface area (TPSA) is 17.1 Å². The Morgan fingerprint density at radius 2 is 2.00 bits per heavy atom. The summed E-state index contributed by atoms with van der Waals surface area (Å²) in [5, 5.41) is 0. The molecule has 1 nitrogen and oxygen atoms in total. The van der Waals surface area contributed by atoms with Gasteiger partial charge in [0, 0.05) is 5.41 Å². The smallest absolute Gasteiger partial charge is 0.135 e. The predicted molar refractivity (Wildman–Crippen MR) is 30.5 cm³/mol. The molecule has 1 heteroatoms. The van der Waals surface area contributed by atoms with E-state index in [1.54, 1.807) is 6.92 Å². The summed E-state index contributed by atoms with van der Waals surface area (Å²) in [6.45, 7) is 1.73. The van der Waals surface area contributed by atoms with E-state index in [9.17, 15) is 4.79 Å². The lowest BCUT2D eigenvalue weighted by Crippen LogP contribution is -2.55. The van der Waals surface area contributed by atoms with Crippen molar-refractivity contribution in [3.05, 3.63) is 0 Å². The minimum atomic E-state index is 0.227. The zero-order valence-corrected chi connectivity index (χ0v) is 5.11. The van der Waals surface area contributed by atoms with Gasteiger partial charge in [0.15, 0.2) is 0 Å². The third kappa shape index (κ3) is 0.289. The highest BCUT2D eigenvalue weighted by Gasteiger charge is 2.59. The maximum atomic E-state index is 10.8. The summed E-state index contributed by atoms with van der Waals surface area (Å²) in [4.78, 5) is 10.8. The molecule has 8 heavy (non-hydrogen) atoms. The van der Waals surface area contributed by atoms with E-state index in [0.29, 0.717) is 5.78 Å². The monoisotopic (exact) mass is 110 g/mol. The standard InChI is InChI=1S/C7H10O/c1-5(8)7-2-6(3-7)4-7/h6H,2-4H2,1H3. The quantitative estimate of drug-likeness (QED) is 0.498. The van der Waals surface area contributed by atoms with Crippen LogP contribution in [0.25, 0.3) is 0 Å². The molecule has 0 unspecified atom stereocenters. The van der Waals surface area contributed by atoms with Gasteiger partial charge in [-0.25, -0.2) is 0 Å². The van der Waals surface area contributed by atoms with E-state index in [4.69, 9.17) is 0 Å². The normalized spacial score (nSPS) is 49.4. The summed E-state index contributed by atoms with van der Waals surface area (Å²) in [5.41, 5.74) is 0.227. The molecule has 3 saturated carbocycles. The first-order valence-electron chi connectivity index (χ1n) is 3.24. The van der Waals surface area contributed by atoms with Crippen molar-refractivity contribution >= 4 is 5.78 Å². The highest BCUT2D eigenvalue weighted by molar-refractivity contribution is 5.85. The van der Waals surface area contributed by atoms with Gasteiger partial charge in [-0.1, -0.05) is 0 Å². The van der Waals surface area contributed by atoms with Gasteiger partial charge in [0.2, 0.25) is 0 Å². The molecule has 44 valence electrons. The minimum absolute atomic E-state index is 0.227. The second kappa shape index (κ2) is 0.996. The van der Waals surface area contributed by atoms with Crippen LogP contribution in [-0.2, 0) is 4.79 Å². The molecular weight excluding hydrogens is 100 g/mol. The highest BCUT2D eigenvalue weighted by Crippen LogP contribution is 2.64. The van der Waals surface area contributed by atoms with Crippen LogP contribution in [0.1, 0.15) is 26.2 Å². The number of rotatable bonds is 1. The van der Waals surface area contributed by atoms with Crippen LogP contribution in [0.3, 0.4) is 0 Å². The van der Waals surface area contributed by atoms with Crippen molar-refractivity contribution in [1.29, 1.82) is 0 Å². The molecule has 0 heterocycles. The number of carbonyl (C=O) groups is 1. The van der Waals surface area contributed by atoms with Crippen LogP contribution in [0, 0.1) is 11.3 Å². The number of hydrogen-bond acceptors (Lipinski definition) is 1. The van der Waals surface area contributed by atoms with Crippen molar-refractivity contribution in [2.24, 2.45) is 11.3 Å². The predicted octanol–water partition coefficient (Wildman–Crippen LogP) is 1.38. The first-order valence-corrected chi connectivity index (χ1v) is 3.24. The van der Waals surface area contributed by atoms with Gasteiger partial charge in [-0.2, -0.15) is 0 Å². The third-order valence-corrected chi connectivity index (χ3v) is 2.79. The maximum Gasteiger partial charge on any atom is 0.135 e. The zero-order chi connectivity index (χ0) is 5.78. The Hall–Kier alpha value is -0.330. The average Bonchev–Trinajstić information content (AvgIpc) is 1.16. The number of hydrogen-bond donors (Lipinski definition) is 0. The fraction of sp³-hybridized carbons (Fsp3) is 0.857. The molecule has 0 saturated heterocycles. The van der Waals surface area contributed by atoms with Crippen molar-refractivity contribution in [2.45, 2.75) is 26.2 Å². The fourth-order valence-electron chi connectivity index (χ4n) is 1.91. The summed E-state index contributed by atoms with van der Waals surface area (Å²) in [5.74, 6) is 1.37. The molecule has 0 amide bonds. The average molecular weight is 110 g/mol. The van der Waals surface area contributed by atoms with Crippen molar-refractivity contribution in [3.8, 4) is 0 Å². The SMILES string of the molecule is CC(=O)C12CC(C1)C2. The fourth-order valence-corrected chi connectivity index (χ4v) is 1.91. The number of Topliss-reactive ketones (excluding diaryl/α,β-unsaturated/α-hetero) is 1. The molecular formula is C7H10O. The molecule has 0 aromatic carbocycles. The van der Waals surface area contributed by atoms with E-state index in [-0.39, 0.29) is 5.41 Å². The lowest BCUT2D eigenvalue weighted by molar-refractivity contribution is -0.159. The minimum Gasteiger partial charge on any atom is -0.299 e. The second-order valence-corrected chi connectivity index (χ2v) is 3.31. The Kier molecular flexibility index (Phi) is 0.565. The summed E-state index contributed by atoms with van der Waals surface area (Å²) < 4.78 is 0. The Morgan fingerprint density at radius 1 is 1.50 bits per heavy atom. The Bertz CT molecular complexity index is 131. The Labute approximate surface area is 49.1 Å². The summed E-state index contributed by atoms with van der Waals surface area (Å²) in [7, 11) is 0. The van der Waals surface area contributed by atoms with E-state index in [1.165, 1.54) is 19.3 Å². The van der Waals surface area contributed by atoms with Crippen LogP contribution in [0.4, 0.5) is 0 Å². The molecule has 0 aromatic heterocycles. The Morgan fingerprint density at radius 3 is 2.00 bits per heavy atom. The molecule has 0 aromatic rings. The summed E-state index contributed by atoms with van der Waals surface area (Å²) in [6, 6.07) is 0. The van der Waals surface area contributed by atoms with E-state index >= 15 is 0 Å². The largest absolute Gasteiger partial charge is 0.299 e. The van der Waals surface area contributed by atoms with Crippen molar-refractivity contribution in [2.75, 3.05) is 0 Å². The van der Waals surface area contributed by atoms with E-state index in [2.05, 4.69) is 0 Å². The van der Waals surface area contributed by atoms with Crippen LogP contribution >= 0.6 is 0 Å². The van der Waals surface area contributed by atoms with Crippen molar-refractivity contribution < 1.29 is 4.79 Å². The highest BCUT2D eigenvalue weighted by atomic mass is 16.1. The van der Waals surface area contributed by atoms with Gasteiger partial charge in [0.05, 0.1) is 0 Å². The molecule has 3 aliphatic rings. The third-order valence-electron chi connectivity index (χ3n) is 2.79. The van der Waals surface area contributed by atoms with Gasteiger partial charge in [-0.3, -0.25) is 4.79 Å². The van der Waals surface area contributed by atoms with Crippen LogP contribution in [0.5, 0.6) is 0 Å². The number of carbonyl (C=O) groups excluding carboxylic acids is 1. The second-order valence-electron chi connectivity index (χ2n) is 3.31. The number of ketones is 1. The summed E-state index contributed by atoms with van der Waals surface area (Å²) in [6.07, 6.45) is 3.63. The van der Waals surface area contributed by atoms with Gasteiger partial charge in [0.25, 0.3) is 0 Å². The molecule has 0 radical (unpaired) electrons. The molecule has 0 spiro atoms. The van der Waals surface area contributed by atoms with Gasteiger partial charge in [-0.05, 0) is 32.1 Å². The molecule has 3 rings (SSSR count). The van der Waals surface area contributed by atoms with Gasteiger partial charge in [-0.15, -0.1) is 0 Å². The van der Waals surface area contributed by atoms with Crippen molar-refractivity contribution in [1.82, 2.24) is 0 Å². The van der Waals surface area contributed by atoms with Crippen LogP contribution in [0.15, 0.2) is 0 Å². The molecule has 3 aliphatic carbocycles. The van der Waals surface area contributed by atoms with Crippen molar-refractivity contribution in [3.63, 3.8) is 0 Å². The van der Waals surface area contributed by atoms with Gasteiger partial charge >= 0.3 is 0 Å². The maximum absolute atomic E-state index is 10.8. The first kappa shape index (κ1) is 4.54. The lowest BCUT2D eigenvalue weighted by Gasteiger charge is -2.60. The Balaban J connectivity index is 2.15. The van der Waals surface area contributed by atoms with Crippen LogP contribution in [0.2, 0.25) is 0 Å². The molecule has 0 aliphatic heterocycles. The molecule has 0 N–H and O–H groups in total. The van der Waals surface area contributed by atoms with Gasteiger partial charge < -0.3 is 0 Å². The van der Waals surface area contributed by atoms with Crippen LogP contribution < -0.4 is 0 Å². The molecule has 2 bridgehead atoms. The van der Waals surface area contributed by atoms with Gasteiger partial charge in [0.1, 0.15) is 5.78 Å². The van der Waals surface area contributed by atoms with E-state index in [1.807, 2.05) is 0 Å². The van der Waals surface area contributed by atoms with E-state index in [0.717, 1.165) is 5.92 Å². The molecule has 3 fully saturated rings. The van der Waals surface area contributed by atoms with E-state index < -0.39 is 0 Å². The zero-order valence-electron chi connectivity index (χ0n) is 5.11. The van der Waals surface area contributed by atoms with Crippen LogP contribution in [-0.4, -0.2) is 5.78 Å². The summed E-state index contributed by atoms with van der Waals surface area (Å²) >= 11 is 0. The molecule has 0 atom stereocenters. The lowest BCUT2D eigenvalue weighted by atomic mass is 9.43.